The van der Waals surface area contributed by atoms with Crippen molar-refractivity contribution in [1.29, 1.82) is 0 Å². The molecule has 0 aliphatic carbocycles. The first-order chi connectivity index (χ1) is 15.2. The van der Waals surface area contributed by atoms with Crippen LogP contribution in [0.2, 0.25) is 0 Å². The molecule has 0 saturated heterocycles. The molecule has 7 nitrogen and oxygen atoms in total. The highest BCUT2D eigenvalue weighted by Gasteiger charge is 2.44. The number of nitrogens with one attached hydrogen (secondary N) is 1. The Hall–Kier alpha value is -3.48. The molecule has 2 aromatic carbocycles. The molecular weight excluding hydrogens is 408 g/mol. The Labute approximate surface area is 187 Å². The maximum Gasteiger partial charge on any atom is 0.338 e. The summed E-state index contributed by atoms with van der Waals surface area (Å²) in [5, 5.41) is 2.78. The third-order valence-electron chi connectivity index (χ3n) is 5.49. The van der Waals surface area contributed by atoms with E-state index >= 15 is 0 Å². The van der Waals surface area contributed by atoms with Gasteiger partial charge in [0, 0.05) is 5.69 Å². The normalized spacial score (nSPS) is 14.8. The predicted molar refractivity (Wildman–Crippen MR) is 120 cm³/mol. The summed E-state index contributed by atoms with van der Waals surface area (Å²) >= 11 is 0. The van der Waals surface area contributed by atoms with Gasteiger partial charge in [0.05, 0.1) is 23.3 Å². The van der Waals surface area contributed by atoms with Crippen LogP contribution in [-0.4, -0.2) is 41.2 Å². The molecule has 0 aromatic heterocycles. The van der Waals surface area contributed by atoms with E-state index in [0.717, 1.165) is 4.90 Å². The molecule has 0 bridgehead atoms. The van der Waals surface area contributed by atoms with E-state index < -0.39 is 29.7 Å². The minimum absolute atomic E-state index is 0.233. The number of ether oxygens (including phenoxy) is 1. The van der Waals surface area contributed by atoms with Crippen molar-refractivity contribution in [2.75, 3.05) is 11.9 Å². The Kier molecular flexibility index (Phi) is 7.08. The molecule has 0 radical (unpaired) electrons. The first-order valence-corrected chi connectivity index (χ1v) is 10.8. The summed E-state index contributed by atoms with van der Waals surface area (Å²) in [6, 6.07) is 12.0. The van der Waals surface area contributed by atoms with Crippen LogP contribution < -0.4 is 5.32 Å². The molecule has 2 atom stereocenters. The number of carbonyl (C=O) groups excluding carboxylic acids is 4. The van der Waals surface area contributed by atoms with Gasteiger partial charge < -0.3 is 10.1 Å². The van der Waals surface area contributed by atoms with Crippen LogP contribution in [0, 0.1) is 11.8 Å². The van der Waals surface area contributed by atoms with Crippen molar-refractivity contribution in [2.45, 2.75) is 40.2 Å². The van der Waals surface area contributed by atoms with Gasteiger partial charge in [0.2, 0.25) is 5.91 Å². The highest BCUT2D eigenvalue weighted by molar-refractivity contribution is 6.23. The Morgan fingerprint density at radius 3 is 2.00 bits per heavy atom. The summed E-state index contributed by atoms with van der Waals surface area (Å²) in [5.74, 6) is -1.83. The molecule has 2 unspecified atom stereocenters. The molecule has 32 heavy (non-hydrogen) atoms. The second-order valence-corrected chi connectivity index (χ2v) is 8.42. The summed E-state index contributed by atoms with van der Waals surface area (Å²) in [6.07, 6.45) is 0.603. The Morgan fingerprint density at radius 1 is 0.938 bits per heavy atom. The molecule has 2 aromatic rings. The molecule has 168 valence electrons. The molecular formula is C25H28N2O5. The van der Waals surface area contributed by atoms with Crippen molar-refractivity contribution in [1.82, 2.24) is 4.90 Å². The first kappa shape index (κ1) is 23.2. The van der Waals surface area contributed by atoms with Crippen LogP contribution in [-0.2, 0) is 9.53 Å². The fourth-order valence-corrected chi connectivity index (χ4v) is 3.55. The van der Waals surface area contributed by atoms with Crippen LogP contribution in [0.15, 0.2) is 48.5 Å². The van der Waals surface area contributed by atoms with Crippen LogP contribution in [0.4, 0.5) is 5.69 Å². The number of nitrogens with zero attached hydrogens (tertiary/aromatic N) is 1. The standard InChI is InChI=1S/C25H28N2O5/c1-5-16(4)21(27-23(29)19-8-6-7-9-20(19)24(27)30)22(28)26-18-12-10-17(11-13-18)25(31)32-14-15(2)3/h6-13,15-16,21H,5,14H2,1-4H3,(H,26,28). The van der Waals surface area contributed by atoms with Gasteiger partial charge in [-0.1, -0.05) is 46.2 Å². The number of carbonyl (C=O) groups is 4. The summed E-state index contributed by atoms with van der Waals surface area (Å²) in [6.45, 7) is 7.97. The summed E-state index contributed by atoms with van der Waals surface area (Å²) in [7, 11) is 0. The lowest BCUT2D eigenvalue weighted by molar-refractivity contribution is -0.121. The molecule has 0 fully saturated rings. The Bertz CT molecular complexity index is 994. The lowest BCUT2D eigenvalue weighted by atomic mass is 9.96. The average Bonchev–Trinajstić information content (AvgIpc) is 3.03. The minimum Gasteiger partial charge on any atom is -0.462 e. The minimum atomic E-state index is -0.955. The van der Waals surface area contributed by atoms with Gasteiger partial charge in [-0.05, 0) is 48.2 Å². The number of rotatable bonds is 8. The molecule has 1 aliphatic heterocycles. The van der Waals surface area contributed by atoms with Crippen molar-refractivity contribution in [3.63, 3.8) is 0 Å². The van der Waals surface area contributed by atoms with E-state index in [9.17, 15) is 19.2 Å². The highest BCUT2D eigenvalue weighted by atomic mass is 16.5. The SMILES string of the molecule is CCC(C)C(C(=O)Nc1ccc(C(=O)OCC(C)C)cc1)N1C(=O)c2ccccc2C1=O. The van der Waals surface area contributed by atoms with Gasteiger partial charge in [-0.2, -0.15) is 0 Å². The van der Waals surface area contributed by atoms with E-state index in [4.69, 9.17) is 4.74 Å². The van der Waals surface area contributed by atoms with Crippen molar-refractivity contribution < 1.29 is 23.9 Å². The van der Waals surface area contributed by atoms with Crippen molar-refractivity contribution in [2.24, 2.45) is 11.8 Å². The van der Waals surface area contributed by atoms with E-state index in [0.29, 0.717) is 35.4 Å². The molecule has 1 N–H and O–H groups in total. The number of esters is 1. The largest absolute Gasteiger partial charge is 0.462 e. The quantitative estimate of drug-likeness (QED) is 0.496. The fraction of sp³-hybridized carbons (Fsp3) is 0.360. The molecule has 3 amide bonds. The van der Waals surface area contributed by atoms with Gasteiger partial charge in [-0.15, -0.1) is 0 Å². The average molecular weight is 437 g/mol. The topological polar surface area (TPSA) is 92.8 Å². The summed E-state index contributed by atoms with van der Waals surface area (Å²) in [5.41, 5.74) is 1.45. The zero-order valence-corrected chi connectivity index (χ0v) is 18.8. The van der Waals surface area contributed by atoms with Crippen LogP contribution >= 0.6 is 0 Å². The monoisotopic (exact) mass is 436 g/mol. The van der Waals surface area contributed by atoms with Crippen molar-refractivity contribution in [3.8, 4) is 0 Å². The highest BCUT2D eigenvalue weighted by Crippen LogP contribution is 2.29. The molecule has 1 aliphatic rings. The predicted octanol–water partition coefficient (Wildman–Crippen LogP) is 4.15. The number of hydrogen-bond acceptors (Lipinski definition) is 5. The number of amides is 3. The Balaban J connectivity index is 1.77. The van der Waals surface area contributed by atoms with E-state index in [1.165, 1.54) is 0 Å². The number of benzene rings is 2. The zero-order chi connectivity index (χ0) is 23.4. The van der Waals surface area contributed by atoms with Crippen molar-refractivity contribution in [3.05, 3.63) is 65.2 Å². The maximum atomic E-state index is 13.2. The van der Waals surface area contributed by atoms with E-state index in [2.05, 4.69) is 5.32 Å². The smallest absolute Gasteiger partial charge is 0.338 e. The van der Waals surface area contributed by atoms with E-state index in [1.54, 1.807) is 48.5 Å². The van der Waals surface area contributed by atoms with Crippen LogP contribution in [0.1, 0.15) is 65.2 Å². The fourth-order valence-electron chi connectivity index (χ4n) is 3.55. The number of fused-ring (bicyclic) bond motifs is 1. The lowest BCUT2D eigenvalue weighted by Gasteiger charge is -2.29. The third-order valence-corrected chi connectivity index (χ3v) is 5.49. The van der Waals surface area contributed by atoms with Gasteiger partial charge in [-0.3, -0.25) is 19.3 Å². The summed E-state index contributed by atoms with van der Waals surface area (Å²) < 4.78 is 5.21. The number of imide groups is 1. The summed E-state index contributed by atoms with van der Waals surface area (Å²) in [4.78, 5) is 52.2. The van der Waals surface area contributed by atoms with Gasteiger partial charge >= 0.3 is 5.97 Å². The molecule has 0 spiro atoms. The first-order valence-electron chi connectivity index (χ1n) is 10.8. The molecule has 1 heterocycles. The molecule has 0 saturated carbocycles. The van der Waals surface area contributed by atoms with Crippen LogP contribution in [0.5, 0.6) is 0 Å². The van der Waals surface area contributed by atoms with Crippen LogP contribution in [0.25, 0.3) is 0 Å². The van der Waals surface area contributed by atoms with Gasteiger partial charge in [0.25, 0.3) is 11.8 Å². The third kappa shape index (κ3) is 4.72. The van der Waals surface area contributed by atoms with Gasteiger partial charge in [0.1, 0.15) is 6.04 Å². The van der Waals surface area contributed by atoms with Crippen LogP contribution in [0.3, 0.4) is 0 Å². The molecule has 7 heteroatoms. The zero-order valence-electron chi connectivity index (χ0n) is 18.8. The van der Waals surface area contributed by atoms with Gasteiger partial charge in [-0.25, -0.2) is 4.79 Å². The van der Waals surface area contributed by atoms with E-state index in [1.807, 2.05) is 27.7 Å². The Morgan fingerprint density at radius 2 is 1.50 bits per heavy atom. The second-order valence-electron chi connectivity index (χ2n) is 8.42. The number of anilines is 1. The lowest BCUT2D eigenvalue weighted by Crippen LogP contribution is -2.50. The van der Waals surface area contributed by atoms with E-state index in [-0.39, 0.29) is 11.8 Å². The van der Waals surface area contributed by atoms with Gasteiger partial charge in [0.15, 0.2) is 0 Å². The van der Waals surface area contributed by atoms with Crippen molar-refractivity contribution >= 4 is 29.4 Å². The maximum absolute atomic E-state index is 13.2. The molecule has 3 rings (SSSR count). The number of hydrogen-bond donors (Lipinski definition) is 1. The second kappa shape index (κ2) is 9.77.